The molecule has 90 valence electrons. The van der Waals surface area contributed by atoms with Crippen LogP contribution in [0, 0.1) is 11.3 Å². The minimum absolute atomic E-state index is 0.0797. The van der Waals surface area contributed by atoms with Gasteiger partial charge in [0.05, 0.1) is 15.7 Å². The maximum atomic E-state index is 12.1. The highest BCUT2D eigenvalue weighted by Crippen LogP contribution is 2.39. The van der Waals surface area contributed by atoms with Crippen molar-refractivity contribution in [3.63, 3.8) is 0 Å². The predicted molar refractivity (Wildman–Crippen MR) is 71.4 cm³/mol. The van der Waals surface area contributed by atoms with Crippen molar-refractivity contribution in [2.24, 2.45) is 0 Å². The molecule has 0 saturated carbocycles. The van der Waals surface area contributed by atoms with Crippen LogP contribution in [0.25, 0.3) is 0 Å². The molecule has 3 nitrogen and oxygen atoms in total. The predicted octanol–water partition coefficient (Wildman–Crippen LogP) is 3.69. The second kappa shape index (κ2) is 4.49. The van der Waals surface area contributed by atoms with E-state index < -0.39 is 5.91 Å². The van der Waals surface area contributed by atoms with Crippen molar-refractivity contribution in [2.75, 3.05) is 4.90 Å². The normalized spacial score (nSPS) is 15.3. The SMILES string of the molecule is C=C1C(C)=C(C#N)C(=O)N1c1cccc(Cl)c1Cl. The average molecular weight is 279 g/mol. The van der Waals surface area contributed by atoms with Gasteiger partial charge >= 0.3 is 0 Å². The molecule has 5 heteroatoms. The molecule has 0 aromatic heterocycles. The van der Waals surface area contributed by atoms with E-state index in [9.17, 15) is 4.79 Å². The molecule has 1 aromatic rings. The Kier molecular flexibility index (Phi) is 3.16. The fourth-order valence-electron chi connectivity index (χ4n) is 1.76. The lowest BCUT2D eigenvalue weighted by molar-refractivity contribution is -0.113. The second-order valence-corrected chi connectivity index (χ2v) is 4.56. The third-order valence-electron chi connectivity index (χ3n) is 2.78. The number of allylic oxidation sites excluding steroid dienone is 1. The number of rotatable bonds is 1. The smallest absolute Gasteiger partial charge is 0.273 e. The highest BCUT2D eigenvalue weighted by molar-refractivity contribution is 6.44. The van der Waals surface area contributed by atoms with Gasteiger partial charge in [0.1, 0.15) is 11.6 Å². The largest absolute Gasteiger partial charge is 0.275 e. The molecule has 1 heterocycles. The Morgan fingerprint density at radius 2 is 2.06 bits per heavy atom. The number of hydrogen-bond acceptors (Lipinski definition) is 2. The highest BCUT2D eigenvalue weighted by Gasteiger charge is 2.34. The molecule has 18 heavy (non-hydrogen) atoms. The van der Waals surface area contributed by atoms with Crippen LogP contribution in [0.15, 0.2) is 41.6 Å². The summed E-state index contributed by atoms with van der Waals surface area (Å²) >= 11 is 12.0. The molecule has 0 N–H and O–H groups in total. The van der Waals surface area contributed by atoms with E-state index in [-0.39, 0.29) is 10.6 Å². The van der Waals surface area contributed by atoms with Crippen LogP contribution in [0.1, 0.15) is 6.92 Å². The summed E-state index contributed by atoms with van der Waals surface area (Å²) in [4.78, 5) is 13.4. The average Bonchev–Trinajstić information content (AvgIpc) is 2.55. The first kappa shape index (κ1) is 12.7. The van der Waals surface area contributed by atoms with Crippen molar-refractivity contribution in [3.05, 3.63) is 51.7 Å². The summed E-state index contributed by atoms with van der Waals surface area (Å²) in [5.74, 6) is -0.427. The van der Waals surface area contributed by atoms with Gasteiger partial charge in [-0.3, -0.25) is 9.69 Å². The van der Waals surface area contributed by atoms with Crippen LogP contribution in [0.3, 0.4) is 0 Å². The van der Waals surface area contributed by atoms with E-state index in [0.717, 1.165) is 0 Å². The number of benzene rings is 1. The highest BCUT2D eigenvalue weighted by atomic mass is 35.5. The van der Waals surface area contributed by atoms with E-state index in [1.165, 1.54) is 4.90 Å². The molecule has 0 atom stereocenters. The molecule has 2 rings (SSSR count). The molecule has 0 saturated heterocycles. The van der Waals surface area contributed by atoms with Gasteiger partial charge in [-0.15, -0.1) is 0 Å². The summed E-state index contributed by atoms with van der Waals surface area (Å²) in [5.41, 5.74) is 1.51. The van der Waals surface area contributed by atoms with Crippen LogP contribution >= 0.6 is 23.2 Å². The number of carbonyl (C=O) groups excluding carboxylic acids is 1. The third kappa shape index (κ3) is 1.71. The second-order valence-electron chi connectivity index (χ2n) is 3.77. The number of amides is 1. The van der Waals surface area contributed by atoms with Crippen LogP contribution in [0.5, 0.6) is 0 Å². The summed E-state index contributed by atoms with van der Waals surface area (Å²) in [5, 5.41) is 9.57. The summed E-state index contributed by atoms with van der Waals surface area (Å²) in [7, 11) is 0. The van der Waals surface area contributed by atoms with Crippen molar-refractivity contribution in [2.45, 2.75) is 6.92 Å². The Balaban J connectivity index is 2.57. The Hall–Kier alpha value is -1.76. The quantitative estimate of drug-likeness (QED) is 0.786. The number of nitrogens with zero attached hydrogens (tertiary/aromatic N) is 2. The molecule has 1 aromatic carbocycles. The van der Waals surface area contributed by atoms with Crippen LogP contribution in [-0.4, -0.2) is 5.91 Å². The maximum absolute atomic E-state index is 12.1. The van der Waals surface area contributed by atoms with Crippen LogP contribution in [-0.2, 0) is 4.79 Å². The first-order valence-corrected chi connectivity index (χ1v) is 5.83. The summed E-state index contributed by atoms with van der Waals surface area (Å²) in [6.07, 6.45) is 0. The zero-order valence-electron chi connectivity index (χ0n) is 9.50. The van der Waals surface area contributed by atoms with Crippen molar-refractivity contribution < 1.29 is 4.79 Å². The van der Waals surface area contributed by atoms with Gasteiger partial charge in [0, 0.05) is 5.70 Å². The zero-order valence-corrected chi connectivity index (χ0v) is 11.0. The van der Waals surface area contributed by atoms with E-state index in [0.29, 0.717) is 22.0 Å². The van der Waals surface area contributed by atoms with E-state index in [1.54, 1.807) is 25.1 Å². The molecule has 0 radical (unpaired) electrons. The van der Waals surface area contributed by atoms with Gasteiger partial charge in [0.15, 0.2) is 0 Å². The van der Waals surface area contributed by atoms with Gasteiger partial charge in [0.25, 0.3) is 5.91 Å². The molecule has 0 bridgehead atoms. The summed E-state index contributed by atoms with van der Waals surface area (Å²) < 4.78 is 0. The number of halogens is 2. The zero-order chi connectivity index (χ0) is 13.4. The fourth-order valence-corrected chi connectivity index (χ4v) is 2.14. The van der Waals surface area contributed by atoms with E-state index >= 15 is 0 Å². The summed E-state index contributed by atoms with van der Waals surface area (Å²) in [6.45, 7) is 5.48. The van der Waals surface area contributed by atoms with Crippen molar-refractivity contribution in [1.82, 2.24) is 0 Å². The molecule has 0 fully saturated rings. The lowest BCUT2D eigenvalue weighted by Gasteiger charge is -2.20. The number of nitriles is 1. The van der Waals surface area contributed by atoms with Crippen molar-refractivity contribution in [3.8, 4) is 6.07 Å². The maximum Gasteiger partial charge on any atom is 0.273 e. The lowest BCUT2D eigenvalue weighted by atomic mass is 10.2. The Labute approximate surface area is 115 Å². The number of anilines is 1. The molecule has 1 amide bonds. The van der Waals surface area contributed by atoms with Crippen LogP contribution in [0.4, 0.5) is 5.69 Å². The molecular weight excluding hydrogens is 271 g/mol. The first-order valence-electron chi connectivity index (χ1n) is 5.07. The van der Waals surface area contributed by atoms with Gasteiger partial charge in [-0.2, -0.15) is 5.26 Å². The van der Waals surface area contributed by atoms with Crippen molar-refractivity contribution in [1.29, 1.82) is 5.26 Å². The minimum Gasteiger partial charge on any atom is -0.275 e. The molecule has 0 unspecified atom stereocenters. The van der Waals surface area contributed by atoms with Crippen molar-refractivity contribution >= 4 is 34.8 Å². The van der Waals surface area contributed by atoms with Gasteiger partial charge in [-0.25, -0.2) is 0 Å². The Bertz CT molecular complexity index is 641. The molecule has 1 aliphatic heterocycles. The van der Waals surface area contributed by atoms with E-state index in [4.69, 9.17) is 28.5 Å². The van der Waals surface area contributed by atoms with Gasteiger partial charge in [-0.05, 0) is 24.6 Å². The minimum atomic E-state index is -0.427. The van der Waals surface area contributed by atoms with Crippen LogP contribution < -0.4 is 4.90 Å². The molecule has 0 spiro atoms. The topological polar surface area (TPSA) is 44.1 Å². The lowest BCUT2D eigenvalue weighted by Crippen LogP contribution is -2.25. The van der Waals surface area contributed by atoms with Crippen LogP contribution in [0.2, 0.25) is 10.0 Å². The van der Waals surface area contributed by atoms with E-state index in [1.807, 2.05) is 6.07 Å². The van der Waals surface area contributed by atoms with E-state index in [2.05, 4.69) is 6.58 Å². The number of carbonyl (C=O) groups is 1. The summed E-state index contributed by atoms with van der Waals surface area (Å²) in [6, 6.07) is 6.85. The van der Waals surface area contributed by atoms with Gasteiger partial charge in [0.2, 0.25) is 0 Å². The molecule has 1 aliphatic rings. The first-order chi connectivity index (χ1) is 8.49. The van der Waals surface area contributed by atoms with Gasteiger partial charge in [-0.1, -0.05) is 35.8 Å². The van der Waals surface area contributed by atoms with Gasteiger partial charge < -0.3 is 0 Å². The third-order valence-corrected chi connectivity index (χ3v) is 3.59. The molecular formula is C13H8Cl2N2O. The fraction of sp³-hybridized carbons (Fsp3) is 0.0769. The Morgan fingerprint density at radius 1 is 1.39 bits per heavy atom. The Morgan fingerprint density at radius 3 is 2.61 bits per heavy atom. The standard InChI is InChI=1S/C13H8Cl2N2O/c1-7-8(2)17(13(18)9(7)6-16)11-5-3-4-10(14)12(11)15/h3-5H,2H2,1H3. The monoisotopic (exact) mass is 278 g/mol. The molecule has 0 aliphatic carbocycles. The number of hydrogen-bond donors (Lipinski definition) is 0.